The Balaban J connectivity index is 1.13. The first-order chi connectivity index (χ1) is 33.5. The van der Waals surface area contributed by atoms with E-state index in [9.17, 15) is 4.79 Å². The minimum Gasteiger partial charge on any atom is -0.497 e. The zero-order valence-corrected chi connectivity index (χ0v) is 37.9. The van der Waals surface area contributed by atoms with E-state index in [1.807, 2.05) is 152 Å². The molecule has 13 heteroatoms. The lowest BCUT2D eigenvalue weighted by Gasteiger charge is -2.51. The fourth-order valence-electron chi connectivity index (χ4n) is 8.54. The van der Waals surface area contributed by atoms with Crippen LogP contribution in [0, 0.1) is 0 Å². The maximum absolute atomic E-state index is 14.1. The maximum atomic E-state index is 14.1. The highest BCUT2D eigenvalue weighted by molar-refractivity contribution is 5.75. The summed E-state index contributed by atoms with van der Waals surface area (Å²) in [5.74, 6) is 0.477. The largest absolute Gasteiger partial charge is 0.497 e. The summed E-state index contributed by atoms with van der Waals surface area (Å²) >= 11 is 0. The quantitative estimate of drug-likeness (QED) is 0.0721. The predicted octanol–water partition coefficient (Wildman–Crippen LogP) is 8.54. The van der Waals surface area contributed by atoms with Crippen molar-refractivity contribution >= 4 is 5.97 Å². The zero-order valence-electron chi connectivity index (χ0n) is 37.9. The fraction of sp³-hybridized carbons (Fsp3) is 0.327. The summed E-state index contributed by atoms with van der Waals surface area (Å²) in [6.07, 6.45) is -11.0. The van der Waals surface area contributed by atoms with Gasteiger partial charge in [-0.3, -0.25) is 0 Å². The normalized spacial score (nSPS) is 26.8. The van der Waals surface area contributed by atoms with Crippen LogP contribution in [0.3, 0.4) is 0 Å². The Morgan fingerprint density at radius 3 is 1.44 bits per heavy atom. The first-order valence-corrected chi connectivity index (χ1v) is 22.8. The van der Waals surface area contributed by atoms with Crippen LogP contribution in [-0.4, -0.2) is 88.2 Å². The minimum atomic E-state index is -1.33. The van der Waals surface area contributed by atoms with Gasteiger partial charge >= 0.3 is 5.97 Å². The lowest BCUT2D eigenvalue weighted by Crippen LogP contribution is -2.68. The second-order valence-electron chi connectivity index (χ2n) is 16.6. The number of esters is 1. The number of fused-ring (bicyclic) bond motifs is 1. The average molecular weight is 925 g/mol. The van der Waals surface area contributed by atoms with Gasteiger partial charge in [-0.2, -0.15) is 0 Å². The Bertz CT molecular complexity index is 2410. The van der Waals surface area contributed by atoms with E-state index in [4.69, 9.17) is 56.8 Å². The van der Waals surface area contributed by atoms with E-state index in [-0.39, 0.29) is 33.0 Å². The van der Waals surface area contributed by atoms with E-state index in [1.54, 1.807) is 31.4 Å². The summed E-state index contributed by atoms with van der Waals surface area (Å²) in [4.78, 5) is 14.1. The highest BCUT2D eigenvalue weighted by Gasteiger charge is 2.57. The van der Waals surface area contributed by atoms with Crippen LogP contribution in [0.4, 0.5) is 0 Å². The van der Waals surface area contributed by atoms with Crippen LogP contribution in [0.2, 0.25) is 0 Å². The Morgan fingerprint density at radius 2 is 0.941 bits per heavy atom. The molecule has 6 aromatic carbocycles. The highest BCUT2D eigenvalue weighted by atomic mass is 16.8. The van der Waals surface area contributed by atoms with Crippen LogP contribution >= 0.6 is 0 Å². The fourth-order valence-corrected chi connectivity index (χ4v) is 8.54. The number of ether oxygens (including phenoxy) is 12. The second-order valence-corrected chi connectivity index (χ2v) is 16.6. The smallest absolute Gasteiger partial charge is 0.337 e. The number of rotatable bonds is 19. The van der Waals surface area contributed by atoms with E-state index in [0.717, 1.165) is 27.8 Å². The van der Waals surface area contributed by atoms with Crippen molar-refractivity contribution in [1.82, 2.24) is 0 Å². The van der Waals surface area contributed by atoms with Crippen LogP contribution in [-0.2, 0) is 78.6 Å². The molecule has 0 spiro atoms. The van der Waals surface area contributed by atoms with Crippen molar-refractivity contribution in [3.8, 4) is 11.5 Å². The van der Waals surface area contributed by atoms with E-state index in [0.29, 0.717) is 11.5 Å². The second kappa shape index (κ2) is 23.4. The van der Waals surface area contributed by atoms with Crippen molar-refractivity contribution in [3.05, 3.63) is 204 Å². The molecule has 68 heavy (non-hydrogen) atoms. The third-order valence-electron chi connectivity index (χ3n) is 12.0. The first kappa shape index (κ1) is 47.1. The Kier molecular flexibility index (Phi) is 16.2. The van der Waals surface area contributed by atoms with Gasteiger partial charge in [0.2, 0.25) is 6.29 Å². The molecular weight excluding hydrogens is 869 g/mol. The van der Waals surface area contributed by atoms with Gasteiger partial charge in [0.05, 0.1) is 47.3 Å². The molecule has 0 bridgehead atoms. The molecule has 9 rings (SSSR count). The number of methoxy groups -OCH3 is 2. The van der Waals surface area contributed by atoms with Crippen LogP contribution in [0.5, 0.6) is 11.5 Å². The van der Waals surface area contributed by atoms with Crippen LogP contribution in [0.25, 0.3) is 0 Å². The van der Waals surface area contributed by atoms with Gasteiger partial charge in [0.25, 0.3) is 0 Å². The molecule has 11 atom stereocenters. The van der Waals surface area contributed by atoms with Crippen molar-refractivity contribution in [2.75, 3.05) is 20.8 Å². The molecule has 0 amide bonds. The van der Waals surface area contributed by atoms with Gasteiger partial charge in [-0.25, -0.2) is 4.79 Å². The molecule has 3 aliphatic rings. The molecule has 3 aliphatic heterocycles. The average Bonchev–Trinajstić information content (AvgIpc) is 3.40. The molecule has 3 heterocycles. The summed E-state index contributed by atoms with van der Waals surface area (Å²) < 4.78 is 79.0. The molecule has 0 saturated carbocycles. The Hall–Kier alpha value is -5.97. The zero-order chi connectivity index (χ0) is 46.5. The molecule has 0 aliphatic carbocycles. The molecular formula is C55H56O13. The molecule has 3 saturated heterocycles. The predicted molar refractivity (Wildman–Crippen MR) is 248 cm³/mol. The molecule has 6 aromatic rings. The SMILES string of the molecule is COC(=O)[C@H]1O[C@H](O[C@H]2[C@H]3O[C@@H](c4ccccc4)OC[C@H]3O[C@@H](Oc3ccc(OC)cc3)[C@@H]2OCc2ccccc2)[C@H](OCc2ccccc2)[C@H](OCc2ccccc2)[C@@H]1OCc1ccccc1. The minimum absolute atomic E-state index is 0.125. The van der Waals surface area contributed by atoms with Crippen molar-refractivity contribution in [2.45, 2.75) is 94.1 Å². The Labute approximate surface area is 396 Å². The number of hydrogen-bond donors (Lipinski definition) is 0. The molecule has 3 fully saturated rings. The Morgan fingerprint density at radius 1 is 0.485 bits per heavy atom. The monoisotopic (exact) mass is 924 g/mol. The van der Waals surface area contributed by atoms with Crippen LogP contribution in [0.15, 0.2) is 176 Å². The van der Waals surface area contributed by atoms with Gasteiger partial charge in [0.15, 0.2) is 18.7 Å². The lowest BCUT2D eigenvalue weighted by atomic mass is 9.95. The van der Waals surface area contributed by atoms with Gasteiger partial charge < -0.3 is 56.8 Å². The first-order valence-electron chi connectivity index (χ1n) is 22.8. The summed E-state index contributed by atoms with van der Waals surface area (Å²) in [6, 6.07) is 55.8. The van der Waals surface area contributed by atoms with E-state index in [1.165, 1.54) is 7.11 Å². The summed E-state index contributed by atoms with van der Waals surface area (Å²) in [5.41, 5.74) is 4.39. The highest BCUT2D eigenvalue weighted by Crippen LogP contribution is 2.40. The number of benzene rings is 6. The summed E-state index contributed by atoms with van der Waals surface area (Å²) in [5, 5.41) is 0. The van der Waals surface area contributed by atoms with Crippen molar-refractivity contribution in [1.29, 1.82) is 0 Å². The third-order valence-corrected chi connectivity index (χ3v) is 12.0. The molecule has 0 N–H and O–H groups in total. The van der Waals surface area contributed by atoms with E-state index >= 15 is 0 Å². The van der Waals surface area contributed by atoms with Gasteiger partial charge in [-0.05, 0) is 46.5 Å². The topological polar surface area (TPSA) is 128 Å². The van der Waals surface area contributed by atoms with E-state index in [2.05, 4.69) is 0 Å². The van der Waals surface area contributed by atoms with E-state index < -0.39 is 73.7 Å². The van der Waals surface area contributed by atoms with Crippen molar-refractivity contribution in [2.24, 2.45) is 0 Å². The molecule has 0 radical (unpaired) electrons. The van der Waals surface area contributed by atoms with Crippen LogP contribution < -0.4 is 9.47 Å². The lowest BCUT2D eigenvalue weighted by molar-refractivity contribution is -0.392. The van der Waals surface area contributed by atoms with Crippen molar-refractivity contribution < 1.29 is 61.6 Å². The number of carbonyl (C=O) groups excluding carboxylic acids is 1. The number of carbonyl (C=O) groups is 1. The molecule has 0 unspecified atom stereocenters. The van der Waals surface area contributed by atoms with Gasteiger partial charge in [-0.15, -0.1) is 0 Å². The van der Waals surface area contributed by atoms with Crippen molar-refractivity contribution in [3.63, 3.8) is 0 Å². The molecule has 13 nitrogen and oxygen atoms in total. The third kappa shape index (κ3) is 11.8. The summed E-state index contributed by atoms with van der Waals surface area (Å²) in [7, 11) is 2.91. The molecule has 354 valence electrons. The summed E-state index contributed by atoms with van der Waals surface area (Å²) in [6.45, 7) is 0.731. The van der Waals surface area contributed by atoms with Crippen LogP contribution in [0.1, 0.15) is 34.1 Å². The van der Waals surface area contributed by atoms with Gasteiger partial charge in [-0.1, -0.05) is 152 Å². The van der Waals surface area contributed by atoms with Gasteiger partial charge in [0.1, 0.15) is 54.2 Å². The van der Waals surface area contributed by atoms with Gasteiger partial charge in [0, 0.05) is 5.56 Å². The maximum Gasteiger partial charge on any atom is 0.337 e. The molecule has 0 aromatic heterocycles. The standard InChI is InChI=1S/C55H56O13/c1-57-42-28-30-43(31-29-42)64-54-51(62-35-40-24-14-6-15-25-40)48(45-44(65-54)36-63-53(66-45)41-26-16-7-17-27-41)67-55-50(61-34-39-22-12-5-13-23-39)47(60-33-38-20-10-4-11-21-38)46(49(68-55)52(56)58-2)59-32-37-18-8-3-9-19-37/h3-31,44-51,53-55H,32-36H2,1-2H3/t44-,45+,46+,47-,48+,49+,50-,51-,53+,54-,55+/m1/s1. The number of hydrogen-bond acceptors (Lipinski definition) is 13.